The smallest absolute Gasteiger partial charge is 0.323 e. The van der Waals surface area contributed by atoms with Gasteiger partial charge in [0.2, 0.25) is 0 Å². The van der Waals surface area contributed by atoms with Crippen LogP contribution in [0.2, 0.25) is 0 Å². The van der Waals surface area contributed by atoms with E-state index >= 15 is 0 Å². The van der Waals surface area contributed by atoms with Gasteiger partial charge >= 0.3 is 6.03 Å². The van der Waals surface area contributed by atoms with Crippen LogP contribution >= 0.6 is 11.3 Å². The third kappa shape index (κ3) is 4.30. The van der Waals surface area contributed by atoms with Crippen LogP contribution in [0.15, 0.2) is 66.3 Å². The van der Waals surface area contributed by atoms with Crippen LogP contribution in [-0.2, 0) is 4.74 Å². The predicted octanol–water partition coefficient (Wildman–Crippen LogP) is 5.20. The summed E-state index contributed by atoms with van der Waals surface area (Å²) in [6, 6.07) is 12.7. The molecular formula is C23H19N5O2S. The van der Waals surface area contributed by atoms with Crippen molar-refractivity contribution in [3.05, 3.63) is 72.0 Å². The number of hydrogen-bond acceptors (Lipinski definition) is 6. The monoisotopic (exact) mass is 429 g/mol. The van der Waals surface area contributed by atoms with Gasteiger partial charge in [0.15, 0.2) is 5.82 Å². The zero-order chi connectivity index (χ0) is 21.0. The summed E-state index contributed by atoms with van der Waals surface area (Å²) in [5.41, 5.74) is 5.37. The molecule has 4 heterocycles. The van der Waals surface area contributed by atoms with Gasteiger partial charge in [-0.3, -0.25) is 4.98 Å². The average molecular weight is 430 g/mol. The van der Waals surface area contributed by atoms with Crippen LogP contribution in [-0.4, -0.2) is 34.2 Å². The highest BCUT2D eigenvalue weighted by molar-refractivity contribution is 7.17. The van der Waals surface area contributed by atoms with Crippen molar-refractivity contribution in [3.63, 3.8) is 0 Å². The summed E-state index contributed by atoms with van der Waals surface area (Å²) in [5, 5.41) is 7.64. The topological polar surface area (TPSA) is 89.0 Å². The minimum atomic E-state index is -0.316. The lowest BCUT2D eigenvalue weighted by atomic mass is 10.1. The van der Waals surface area contributed by atoms with Crippen LogP contribution in [0.4, 0.5) is 16.2 Å². The molecule has 31 heavy (non-hydrogen) atoms. The molecule has 4 aromatic rings. The molecule has 2 N–H and O–H groups in total. The first-order chi connectivity index (χ1) is 15.3. The molecule has 0 radical (unpaired) electrons. The van der Waals surface area contributed by atoms with E-state index in [4.69, 9.17) is 14.7 Å². The van der Waals surface area contributed by atoms with E-state index in [2.05, 4.69) is 21.7 Å². The number of hydrogen-bond donors (Lipinski definition) is 2. The number of rotatable bonds is 4. The number of amides is 2. The Hall–Kier alpha value is -3.62. The molecule has 7 nitrogen and oxygen atoms in total. The standard InChI is InChI=1S/C23H19N5O2S/c29-23(26-18-5-10-24-11-6-18)25-17-3-1-16(2-4-17)22-27-19-9-14-31-21(19)20(28-22)15-7-12-30-13-8-15/h1-7,9-11,14H,8,12-13H2,(H2,24,25,26,29). The van der Waals surface area contributed by atoms with Crippen molar-refractivity contribution in [2.75, 3.05) is 23.8 Å². The lowest BCUT2D eigenvalue weighted by molar-refractivity contribution is 0.161. The molecule has 1 aliphatic heterocycles. The molecular weight excluding hydrogens is 410 g/mol. The molecule has 154 valence electrons. The number of aromatic nitrogens is 3. The molecule has 0 fully saturated rings. The highest BCUT2D eigenvalue weighted by Gasteiger charge is 2.16. The SMILES string of the molecule is O=C(Nc1ccncc1)Nc1ccc(-c2nc(C3=CCOCC3)c3sccc3n2)cc1. The number of pyridine rings is 1. The van der Waals surface area contributed by atoms with Gasteiger partial charge in [0.05, 0.1) is 29.1 Å². The molecule has 0 saturated heterocycles. The highest BCUT2D eigenvalue weighted by atomic mass is 32.1. The number of nitrogens with zero attached hydrogens (tertiary/aromatic N) is 3. The second kappa shape index (κ2) is 8.63. The van der Waals surface area contributed by atoms with Gasteiger partial charge in [-0.1, -0.05) is 6.08 Å². The maximum Gasteiger partial charge on any atom is 0.323 e. The molecule has 0 saturated carbocycles. The van der Waals surface area contributed by atoms with E-state index in [0.717, 1.165) is 27.9 Å². The van der Waals surface area contributed by atoms with Crippen molar-refractivity contribution in [2.24, 2.45) is 0 Å². The van der Waals surface area contributed by atoms with Crippen molar-refractivity contribution >= 4 is 44.5 Å². The Labute approximate surface area is 182 Å². The summed E-state index contributed by atoms with van der Waals surface area (Å²) >= 11 is 1.66. The Balaban J connectivity index is 1.38. The Bertz CT molecular complexity index is 1250. The predicted molar refractivity (Wildman–Crippen MR) is 123 cm³/mol. The minimum Gasteiger partial charge on any atom is -0.377 e. The van der Waals surface area contributed by atoms with Gasteiger partial charge in [0.1, 0.15) is 0 Å². The maximum absolute atomic E-state index is 12.2. The molecule has 1 aromatic carbocycles. The van der Waals surface area contributed by atoms with Gasteiger partial charge in [0.25, 0.3) is 0 Å². The van der Waals surface area contributed by atoms with E-state index < -0.39 is 0 Å². The number of benzene rings is 1. The van der Waals surface area contributed by atoms with E-state index in [1.54, 1.807) is 35.9 Å². The van der Waals surface area contributed by atoms with Gasteiger partial charge in [-0.05, 0) is 59.8 Å². The molecule has 1 aliphatic rings. The summed E-state index contributed by atoms with van der Waals surface area (Å²) in [4.78, 5) is 25.8. The normalized spacial score (nSPS) is 13.6. The Kier molecular flexibility index (Phi) is 5.39. The number of fused-ring (bicyclic) bond motifs is 1. The van der Waals surface area contributed by atoms with E-state index in [0.29, 0.717) is 30.4 Å². The van der Waals surface area contributed by atoms with Gasteiger partial charge < -0.3 is 15.4 Å². The summed E-state index contributed by atoms with van der Waals surface area (Å²) < 4.78 is 6.55. The van der Waals surface area contributed by atoms with Gasteiger partial charge in [-0.25, -0.2) is 14.8 Å². The first-order valence-electron chi connectivity index (χ1n) is 9.87. The zero-order valence-electron chi connectivity index (χ0n) is 16.5. The fourth-order valence-electron chi connectivity index (χ4n) is 3.38. The average Bonchev–Trinajstić information content (AvgIpc) is 3.29. The number of nitrogens with one attached hydrogen (secondary N) is 2. The Morgan fingerprint density at radius 3 is 2.48 bits per heavy atom. The fraction of sp³-hybridized carbons (Fsp3) is 0.130. The zero-order valence-corrected chi connectivity index (χ0v) is 17.4. The van der Waals surface area contributed by atoms with Crippen LogP contribution in [0.5, 0.6) is 0 Å². The highest BCUT2D eigenvalue weighted by Crippen LogP contribution is 2.32. The molecule has 0 bridgehead atoms. The molecule has 8 heteroatoms. The van der Waals surface area contributed by atoms with Crippen molar-refractivity contribution < 1.29 is 9.53 Å². The summed E-state index contributed by atoms with van der Waals surface area (Å²) in [6.45, 7) is 1.32. The van der Waals surface area contributed by atoms with E-state index in [-0.39, 0.29) is 6.03 Å². The number of carbonyl (C=O) groups excluding carboxylic acids is 1. The van der Waals surface area contributed by atoms with Crippen LogP contribution in [0, 0.1) is 0 Å². The Morgan fingerprint density at radius 1 is 0.968 bits per heavy atom. The second-order valence-corrected chi connectivity index (χ2v) is 7.89. The molecule has 3 aromatic heterocycles. The maximum atomic E-state index is 12.2. The van der Waals surface area contributed by atoms with Gasteiger partial charge in [0, 0.05) is 29.3 Å². The van der Waals surface area contributed by atoms with Gasteiger partial charge in [-0.2, -0.15) is 0 Å². The van der Waals surface area contributed by atoms with Crippen molar-refractivity contribution in [2.45, 2.75) is 6.42 Å². The van der Waals surface area contributed by atoms with E-state index in [1.165, 1.54) is 5.57 Å². The van der Waals surface area contributed by atoms with Crippen molar-refractivity contribution in [1.29, 1.82) is 0 Å². The van der Waals surface area contributed by atoms with E-state index in [1.807, 2.05) is 35.7 Å². The number of urea groups is 1. The summed E-state index contributed by atoms with van der Waals surface area (Å²) in [7, 11) is 0. The second-order valence-electron chi connectivity index (χ2n) is 6.98. The first-order valence-corrected chi connectivity index (χ1v) is 10.7. The van der Waals surface area contributed by atoms with Crippen LogP contribution in [0.1, 0.15) is 12.1 Å². The molecule has 5 rings (SSSR count). The number of carbonyl (C=O) groups is 1. The quantitative estimate of drug-likeness (QED) is 0.465. The third-order valence-electron chi connectivity index (χ3n) is 4.91. The largest absolute Gasteiger partial charge is 0.377 e. The first kappa shape index (κ1) is 19.3. The molecule has 2 amide bonds. The van der Waals surface area contributed by atoms with Crippen molar-refractivity contribution in [3.8, 4) is 11.4 Å². The molecule has 0 aliphatic carbocycles. The fourth-order valence-corrected chi connectivity index (χ4v) is 4.24. The minimum absolute atomic E-state index is 0.316. The molecule has 0 spiro atoms. The van der Waals surface area contributed by atoms with Crippen LogP contribution in [0.25, 0.3) is 27.2 Å². The van der Waals surface area contributed by atoms with Crippen LogP contribution in [0.3, 0.4) is 0 Å². The summed E-state index contributed by atoms with van der Waals surface area (Å²) in [6.07, 6.45) is 6.20. The summed E-state index contributed by atoms with van der Waals surface area (Å²) in [5.74, 6) is 0.668. The third-order valence-corrected chi connectivity index (χ3v) is 5.82. The number of anilines is 2. The number of ether oxygens (including phenoxy) is 1. The van der Waals surface area contributed by atoms with Gasteiger partial charge in [-0.15, -0.1) is 11.3 Å². The lowest BCUT2D eigenvalue weighted by Gasteiger charge is -2.14. The Morgan fingerprint density at radius 2 is 1.74 bits per heavy atom. The van der Waals surface area contributed by atoms with Crippen LogP contribution < -0.4 is 10.6 Å². The lowest BCUT2D eigenvalue weighted by Crippen LogP contribution is -2.19. The molecule has 0 unspecified atom stereocenters. The molecule has 0 atom stereocenters. The number of thiophene rings is 1. The van der Waals surface area contributed by atoms with E-state index in [9.17, 15) is 4.79 Å². The van der Waals surface area contributed by atoms with Crippen molar-refractivity contribution in [1.82, 2.24) is 15.0 Å².